The maximum atomic E-state index is 3.66. The lowest BCUT2D eigenvalue weighted by atomic mass is 10.0. The molecular formula is C22H36N2. The molecule has 2 N–H and O–H groups in total. The van der Waals surface area contributed by atoms with Gasteiger partial charge in [-0.15, -0.1) is 0 Å². The average molecular weight is 329 g/mol. The Kier molecular flexibility index (Phi) is 8.10. The minimum atomic E-state index is 0.348. The van der Waals surface area contributed by atoms with Crippen LogP contribution in [-0.2, 0) is 0 Å². The normalized spacial score (nSPS) is 13.4. The van der Waals surface area contributed by atoms with Gasteiger partial charge in [-0.05, 0) is 49.8 Å². The fraction of sp³-hybridized carbons (Fsp3) is 0.545. The van der Waals surface area contributed by atoms with Gasteiger partial charge >= 0.3 is 0 Å². The predicted octanol–water partition coefficient (Wildman–Crippen LogP) is 6.70. The molecular weight excluding hydrogens is 292 g/mol. The van der Waals surface area contributed by atoms with Crippen molar-refractivity contribution in [2.75, 3.05) is 10.6 Å². The maximum Gasteiger partial charge on any atom is 0.0469 e. The van der Waals surface area contributed by atoms with Crippen LogP contribution in [0.1, 0.15) is 55.4 Å². The van der Waals surface area contributed by atoms with E-state index in [1.54, 1.807) is 0 Å². The van der Waals surface area contributed by atoms with E-state index in [-0.39, 0.29) is 0 Å². The molecule has 1 rings (SSSR count). The molecule has 0 fully saturated rings. The predicted molar refractivity (Wildman–Crippen MR) is 110 cm³/mol. The van der Waals surface area contributed by atoms with Gasteiger partial charge in [-0.1, -0.05) is 65.3 Å². The first kappa shape index (κ1) is 20.3. The first-order chi connectivity index (χ1) is 11.2. The Balaban J connectivity index is 2.95. The summed E-state index contributed by atoms with van der Waals surface area (Å²) in [5.74, 6) is 1.57. The second-order valence-electron chi connectivity index (χ2n) is 7.88. The smallest absolute Gasteiger partial charge is 0.0469 e. The van der Waals surface area contributed by atoms with Crippen LogP contribution in [0.2, 0.25) is 0 Å². The van der Waals surface area contributed by atoms with E-state index >= 15 is 0 Å². The van der Waals surface area contributed by atoms with Gasteiger partial charge in [0.25, 0.3) is 0 Å². The summed E-state index contributed by atoms with van der Waals surface area (Å²) in [6.07, 6.45) is 4.62. The SMILES string of the molecule is CC(C)=CC(Nc1cccc(NC(=CC(C)C)C(C)C)c1)C(C)C. The van der Waals surface area contributed by atoms with E-state index in [1.165, 1.54) is 11.3 Å². The Hall–Kier alpha value is -1.70. The highest BCUT2D eigenvalue weighted by atomic mass is 14.9. The van der Waals surface area contributed by atoms with Crippen LogP contribution in [0.3, 0.4) is 0 Å². The van der Waals surface area contributed by atoms with E-state index in [4.69, 9.17) is 0 Å². The lowest BCUT2D eigenvalue weighted by Crippen LogP contribution is -2.23. The zero-order valence-electron chi connectivity index (χ0n) is 16.8. The van der Waals surface area contributed by atoms with E-state index in [1.807, 2.05) is 0 Å². The van der Waals surface area contributed by atoms with Gasteiger partial charge in [0.2, 0.25) is 0 Å². The fourth-order valence-electron chi connectivity index (χ4n) is 2.54. The molecule has 134 valence electrons. The van der Waals surface area contributed by atoms with Crippen LogP contribution >= 0.6 is 0 Å². The van der Waals surface area contributed by atoms with Crippen molar-refractivity contribution in [2.45, 2.75) is 61.4 Å². The third kappa shape index (κ3) is 7.25. The van der Waals surface area contributed by atoms with Crippen molar-refractivity contribution in [3.8, 4) is 0 Å². The van der Waals surface area contributed by atoms with Crippen LogP contribution in [-0.4, -0.2) is 6.04 Å². The van der Waals surface area contributed by atoms with Crippen LogP contribution < -0.4 is 10.6 Å². The van der Waals surface area contributed by atoms with Crippen LogP contribution in [0.15, 0.2) is 47.7 Å². The van der Waals surface area contributed by atoms with Gasteiger partial charge < -0.3 is 10.6 Å². The molecule has 0 aliphatic carbocycles. The monoisotopic (exact) mass is 328 g/mol. The zero-order chi connectivity index (χ0) is 18.3. The van der Waals surface area contributed by atoms with Crippen LogP contribution in [0.4, 0.5) is 11.4 Å². The lowest BCUT2D eigenvalue weighted by Gasteiger charge is -2.22. The molecule has 0 aromatic heterocycles. The summed E-state index contributed by atoms with van der Waals surface area (Å²) in [6, 6.07) is 8.93. The zero-order valence-corrected chi connectivity index (χ0v) is 16.8. The molecule has 1 aromatic rings. The Bertz CT molecular complexity index is 561. The summed E-state index contributed by atoms with van der Waals surface area (Å²) in [5.41, 5.74) is 4.92. The van der Waals surface area contributed by atoms with Gasteiger partial charge in [-0.3, -0.25) is 0 Å². The molecule has 1 atom stereocenters. The first-order valence-electron chi connectivity index (χ1n) is 9.19. The topological polar surface area (TPSA) is 24.1 Å². The summed E-state index contributed by atoms with van der Waals surface area (Å²) in [6.45, 7) is 17.7. The highest BCUT2D eigenvalue weighted by molar-refractivity contribution is 5.59. The molecule has 0 bridgehead atoms. The highest BCUT2D eigenvalue weighted by Crippen LogP contribution is 2.22. The van der Waals surface area contributed by atoms with Crippen molar-refractivity contribution in [3.05, 3.63) is 47.7 Å². The van der Waals surface area contributed by atoms with Gasteiger partial charge in [-0.25, -0.2) is 0 Å². The molecule has 0 saturated carbocycles. The largest absolute Gasteiger partial charge is 0.379 e. The Morgan fingerprint density at radius 2 is 1.54 bits per heavy atom. The van der Waals surface area contributed by atoms with Crippen molar-refractivity contribution in [3.63, 3.8) is 0 Å². The van der Waals surface area contributed by atoms with E-state index in [9.17, 15) is 0 Å². The number of benzene rings is 1. The number of anilines is 2. The Morgan fingerprint density at radius 1 is 0.917 bits per heavy atom. The second kappa shape index (κ2) is 9.56. The van der Waals surface area contributed by atoms with E-state index in [0.717, 1.165) is 11.4 Å². The van der Waals surface area contributed by atoms with Crippen LogP contribution in [0.5, 0.6) is 0 Å². The molecule has 2 heteroatoms. The quantitative estimate of drug-likeness (QED) is 0.519. The molecule has 0 heterocycles. The van der Waals surface area contributed by atoms with Crippen LogP contribution in [0.25, 0.3) is 0 Å². The summed E-state index contributed by atoms with van der Waals surface area (Å²) < 4.78 is 0. The number of nitrogens with one attached hydrogen (secondary N) is 2. The molecule has 0 saturated heterocycles. The molecule has 0 aliphatic heterocycles. The summed E-state index contributed by atoms with van der Waals surface area (Å²) in [5, 5.41) is 7.26. The molecule has 1 unspecified atom stereocenters. The minimum absolute atomic E-state index is 0.348. The molecule has 0 radical (unpaired) electrons. The number of hydrogen-bond acceptors (Lipinski definition) is 2. The third-order valence-electron chi connectivity index (χ3n) is 3.85. The molecule has 0 aliphatic rings. The molecule has 0 amide bonds. The van der Waals surface area contributed by atoms with Crippen molar-refractivity contribution in [1.29, 1.82) is 0 Å². The Labute approximate surface area is 149 Å². The van der Waals surface area contributed by atoms with Gasteiger partial charge in [0.1, 0.15) is 0 Å². The minimum Gasteiger partial charge on any atom is -0.379 e. The fourth-order valence-corrected chi connectivity index (χ4v) is 2.54. The number of rotatable bonds is 8. The summed E-state index contributed by atoms with van der Waals surface area (Å²) in [4.78, 5) is 0. The van der Waals surface area contributed by atoms with Crippen molar-refractivity contribution >= 4 is 11.4 Å². The van der Waals surface area contributed by atoms with Gasteiger partial charge in [0.05, 0.1) is 0 Å². The molecule has 24 heavy (non-hydrogen) atoms. The average Bonchev–Trinajstić information content (AvgIpc) is 2.45. The molecule has 2 nitrogen and oxygen atoms in total. The summed E-state index contributed by atoms with van der Waals surface area (Å²) >= 11 is 0. The summed E-state index contributed by atoms with van der Waals surface area (Å²) in [7, 11) is 0. The van der Waals surface area contributed by atoms with E-state index < -0.39 is 0 Å². The molecule has 0 spiro atoms. The van der Waals surface area contributed by atoms with Crippen molar-refractivity contribution in [2.24, 2.45) is 17.8 Å². The second-order valence-corrected chi connectivity index (χ2v) is 7.88. The van der Waals surface area contributed by atoms with Crippen molar-refractivity contribution < 1.29 is 0 Å². The third-order valence-corrected chi connectivity index (χ3v) is 3.85. The van der Waals surface area contributed by atoms with Gasteiger partial charge in [0.15, 0.2) is 0 Å². The standard InChI is InChI=1S/C22H36N2/c1-15(2)12-21(17(5)6)23-19-10-9-11-20(14-19)24-22(18(7)8)13-16(3)4/h9-15,17-18,22-24H,1-8H3. The van der Waals surface area contributed by atoms with E-state index in [2.05, 4.69) is 102 Å². The molecule has 1 aromatic carbocycles. The first-order valence-corrected chi connectivity index (χ1v) is 9.19. The maximum absolute atomic E-state index is 3.66. The van der Waals surface area contributed by atoms with Gasteiger partial charge in [0, 0.05) is 23.1 Å². The highest BCUT2D eigenvalue weighted by Gasteiger charge is 2.11. The Morgan fingerprint density at radius 3 is 2.04 bits per heavy atom. The number of hydrogen-bond donors (Lipinski definition) is 2. The number of allylic oxidation sites excluding steroid dienone is 3. The van der Waals surface area contributed by atoms with E-state index in [0.29, 0.717) is 23.8 Å². The lowest BCUT2D eigenvalue weighted by molar-refractivity contribution is 0.598. The van der Waals surface area contributed by atoms with Crippen molar-refractivity contribution in [1.82, 2.24) is 0 Å². The van der Waals surface area contributed by atoms with Gasteiger partial charge in [-0.2, -0.15) is 0 Å². The van der Waals surface area contributed by atoms with Crippen LogP contribution in [0, 0.1) is 17.8 Å².